The van der Waals surface area contributed by atoms with E-state index in [1.54, 1.807) is 37.2 Å². The number of carbonyl (C=O) groups is 1. The molecular weight excluding hydrogens is 432 g/mol. The maximum absolute atomic E-state index is 12.7. The molecule has 0 bridgehead atoms. The summed E-state index contributed by atoms with van der Waals surface area (Å²) in [6, 6.07) is 16.7. The minimum atomic E-state index is -0.206. The number of amides is 1. The van der Waals surface area contributed by atoms with E-state index in [4.69, 9.17) is 4.74 Å². The van der Waals surface area contributed by atoms with Gasteiger partial charge in [0.05, 0.1) is 12.8 Å². The Balaban J connectivity index is 1.33. The second-order valence-corrected chi connectivity index (χ2v) is 7.48. The van der Waals surface area contributed by atoms with Gasteiger partial charge in [0.2, 0.25) is 0 Å². The van der Waals surface area contributed by atoms with E-state index >= 15 is 0 Å². The van der Waals surface area contributed by atoms with Crippen molar-refractivity contribution >= 4 is 23.4 Å². The zero-order chi connectivity index (χ0) is 23.9. The summed E-state index contributed by atoms with van der Waals surface area (Å²) in [6.07, 6.45) is 1.71. The average molecular weight is 459 g/mol. The first-order chi connectivity index (χ1) is 16.5. The molecule has 10 heteroatoms. The lowest BCUT2D eigenvalue weighted by molar-refractivity contribution is 0.0946. The van der Waals surface area contributed by atoms with Crippen LogP contribution in [-0.2, 0) is 7.05 Å². The zero-order valence-electron chi connectivity index (χ0n) is 19.2. The van der Waals surface area contributed by atoms with E-state index in [1.807, 2.05) is 49.4 Å². The molecule has 34 heavy (non-hydrogen) atoms. The quantitative estimate of drug-likeness (QED) is 0.327. The summed E-state index contributed by atoms with van der Waals surface area (Å²) in [5.41, 5.74) is 2.05. The van der Waals surface area contributed by atoms with Gasteiger partial charge in [0.1, 0.15) is 34.7 Å². The van der Waals surface area contributed by atoms with Crippen LogP contribution in [0.5, 0.6) is 5.75 Å². The highest BCUT2D eigenvalue weighted by molar-refractivity contribution is 5.93. The number of methoxy groups -OCH3 is 1. The second kappa shape index (κ2) is 10.4. The Bertz CT molecular complexity index is 1270. The summed E-state index contributed by atoms with van der Waals surface area (Å²) in [5.74, 6) is 3.13. The molecule has 3 N–H and O–H groups in total. The third kappa shape index (κ3) is 5.66. The monoisotopic (exact) mass is 458 g/mol. The number of aryl methyl sites for hydroxylation is 2. The Morgan fingerprint density at radius 1 is 1.00 bits per heavy atom. The van der Waals surface area contributed by atoms with Crippen molar-refractivity contribution in [2.24, 2.45) is 7.05 Å². The zero-order valence-corrected chi connectivity index (χ0v) is 19.2. The van der Waals surface area contributed by atoms with Crippen LogP contribution in [0.3, 0.4) is 0 Å². The van der Waals surface area contributed by atoms with Gasteiger partial charge >= 0.3 is 0 Å². The van der Waals surface area contributed by atoms with Gasteiger partial charge in [0.25, 0.3) is 5.91 Å². The normalized spacial score (nSPS) is 10.6. The molecule has 3 heterocycles. The van der Waals surface area contributed by atoms with Crippen LogP contribution in [0, 0.1) is 6.92 Å². The van der Waals surface area contributed by atoms with Crippen LogP contribution in [0.4, 0.5) is 17.5 Å². The molecule has 0 unspecified atom stereocenters. The van der Waals surface area contributed by atoms with E-state index < -0.39 is 0 Å². The molecule has 10 nitrogen and oxygen atoms in total. The lowest BCUT2D eigenvalue weighted by Gasteiger charge is -2.10. The number of anilines is 3. The molecule has 4 aromatic rings. The minimum Gasteiger partial charge on any atom is -0.497 e. The molecule has 4 rings (SSSR count). The number of hydrogen-bond donors (Lipinski definition) is 3. The Morgan fingerprint density at radius 2 is 1.85 bits per heavy atom. The minimum absolute atomic E-state index is 0.206. The number of rotatable bonds is 9. The van der Waals surface area contributed by atoms with Crippen molar-refractivity contribution in [2.45, 2.75) is 6.92 Å². The largest absolute Gasteiger partial charge is 0.497 e. The van der Waals surface area contributed by atoms with E-state index in [2.05, 4.69) is 36.0 Å². The molecule has 0 aliphatic carbocycles. The standard InChI is InChI=1S/C24H26N8O2/c1-16-28-22(15-23(29-16)30-21-9-4-5-10-25-21)26-11-12-27-24(33)20-14-19(31-32(20)2)17-7-6-8-18(13-17)34-3/h4-10,13-15H,11-12H2,1-3H3,(H,27,33)(H2,25,26,28,29,30). The lowest BCUT2D eigenvalue weighted by Crippen LogP contribution is -2.30. The highest BCUT2D eigenvalue weighted by Gasteiger charge is 2.14. The predicted octanol–water partition coefficient (Wildman–Crippen LogP) is 3.17. The SMILES string of the molecule is COc1cccc(-c2cc(C(=O)NCCNc3cc(Nc4ccccn4)nc(C)n3)n(C)n2)c1. The van der Waals surface area contributed by atoms with E-state index in [-0.39, 0.29) is 5.91 Å². The Labute approximate surface area is 197 Å². The summed E-state index contributed by atoms with van der Waals surface area (Å²) in [6.45, 7) is 2.72. The number of ether oxygens (including phenoxy) is 1. The van der Waals surface area contributed by atoms with Gasteiger partial charge in [0, 0.05) is 38.0 Å². The molecule has 0 radical (unpaired) electrons. The number of carbonyl (C=O) groups excluding carboxylic acids is 1. The van der Waals surface area contributed by atoms with Crippen molar-refractivity contribution in [3.8, 4) is 17.0 Å². The van der Waals surface area contributed by atoms with E-state index in [9.17, 15) is 4.79 Å². The van der Waals surface area contributed by atoms with Crippen molar-refractivity contribution in [1.29, 1.82) is 0 Å². The summed E-state index contributed by atoms with van der Waals surface area (Å²) in [5, 5.41) is 13.7. The highest BCUT2D eigenvalue weighted by atomic mass is 16.5. The summed E-state index contributed by atoms with van der Waals surface area (Å²) >= 11 is 0. The summed E-state index contributed by atoms with van der Waals surface area (Å²) in [7, 11) is 3.36. The average Bonchev–Trinajstić information content (AvgIpc) is 3.24. The van der Waals surface area contributed by atoms with Gasteiger partial charge in [-0.1, -0.05) is 18.2 Å². The summed E-state index contributed by atoms with van der Waals surface area (Å²) in [4.78, 5) is 25.7. The smallest absolute Gasteiger partial charge is 0.269 e. The molecule has 0 saturated carbocycles. The lowest BCUT2D eigenvalue weighted by atomic mass is 10.1. The number of pyridine rings is 1. The maximum Gasteiger partial charge on any atom is 0.269 e. The molecule has 174 valence electrons. The van der Waals surface area contributed by atoms with Crippen molar-refractivity contribution < 1.29 is 9.53 Å². The van der Waals surface area contributed by atoms with Crippen LogP contribution in [0.2, 0.25) is 0 Å². The Morgan fingerprint density at radius 3 is 2.65 bits per heavy atom. The molecule has 3 aromatic heterocycles. The van der Waals surface area contributed by atoms with Gasteiger partial charge in [-0.25, -0.2) is 15.0 Å². The van der Waals surface area contributed by atoms with Crippen LogP contribution in [0.15, 0.2) is 60.8 Å². The number of nitrogens with one attached hydrogen (secondary N) is 3. The van der Waals surface area contributed by atoms with Gasteiger partial charge < -0.3 is 20.7 Å². The van der Waals surface area contributed by atoms with Crippen LogP contribution in [0.1, 0.15) is 16.3 Å². The third-order valence-electron chi connectivity index (χ3n) is 4.95. The Kier molecular flexibility index (Phi) is 6.97. The third-order valence-corrected chi connectivity index (χ3v) is 4.95. The molecule has 0 atom stereocenters. The van der Waals surface area contributed by atoms with Crippen molar-refractivity contribution in [1.82, 2.24) is 30.0 Å². The van der Waals surface area contributed by atoms with Gasteiger partial charge in [-0.3, -0.25) is 9.48 Å². The topological polar surface area (TPSA) is 119 Å². The van der Waals surface area contributed by atoms with Crippen LogP contribution in [-0.4, -0.2) is 50.8 Å². The van der Waals surface area contributed by atoms with E-state index in [0.717, 1.165) is 11.3 Å². The number of benzene rings is 1. The Hall–Kier alpha value is -4.47. The molecule has 0 spiro atoms. The predicted molar refractivity (Wildman–Crippen MR) is 130 cm³/mol. The fourth-order valence-corrected chi connectivity index (χ4v) is 3.35. The number of hydrogen-bond acceptors (Lipinski definition) is 8. The van der Waals surface area contributed by atoms with Gasteiger partial charge in [-0.05, 0) is 37.3 Å². The van der Waals surface area contributed by atoms with E-state index in [1.165, 1.54) is 0 Å². The molecular formula is C24H26N8O2. The van der Waals surface area contributed by atoms with Gasteiger partial charge in [-0.2, -0.15) is 5.10 Å². The second-order valence-electron chi connectivity index (χ2n) is 7.48. The van der Waals surface area contributed by atoms with Crippen molar-refractivity contribution in [2.75, 3.05) is 30.8 Å². The molecule has 0 aliphatic heterocycles. The molecule has 0 aliphatic rings. The van der Waals surface area contributed by atoms with Crippen LogP contribution < -0.4 is 20.7 Å². The maximum atomic E-state index is 12.7. The van der Waals surface area contributed by atoms with Crippen LogP contribution in [0.25, 0.3) is 11.3 Å². The fourth-order valence-electron chi connectivity index (χ4n) is 3.35. The van der Waals surface area contributed by atoms with Crippen molar-refractivity contribution in [3.63, 3.8) is 0 Å². The molecule has 1 amide bonds. The van der Waals surface area contributed by atoms with Crippen molar-refractivity contribution in [3.05, 3.63) is 72.3 Å². The van der Waals surface area contributed by atoms with Gasteiger partial charge in [0.15, 0.2) is 0 Å². The summed E-state index contributed by atoms with van der Waals surface area (Å²) < 4.78 is 6.84. The van der Waals surface area contributed by atoms with E-state index in [0.29, 0.717) is 47.8 Å². The first kappa shape index (κ1) is 22.7. The first-order valence-corrected chi connectivity index (χ1v) is 10.8. The van der Waals surface area contributed by atoms with Crippen LogP contribution >= 0.6 is 0 Å². The molecule has 0 fully saturated rings. The molecule has 1 aromatic carbocycles. The van der Waals surface area contributed by atoms with Gasteiger partial charge in [-0.15, -0.1) is 0 Å². The molecule has 0 saturated heterocycles. The first-order valence-electron chi connectivity index (χ1n) is 10.8. The fraction of sp³-hybridized carbons (Fsp3) is 0.208. The number of aromatic nitrogens is 5. The highest BCUT2D eigenvalue weighted by Crippen LogP contribution is 2.23. The number of nitrogens with zero attached hydrogens (tertiary/aromatic N) is 5.